The number of fused-ring (bicyclic) bond motifs is 1. The molecule has 0 radical (unpaired) electrons. The second-order valence-electron chi connectivity index (χ2n) is 6.76. The molecular weight excluding hydrogens is 282 g/mol. The number of likely N-dealkylation sites (tertiary alicyclic amines) is 1. The summed E-state index contributed by atoms with van der Waals surface area (Å²) in [5, 5.41) is 3.45. The molecule has 0 saturated carbocycles. The molecule has 2 aliphatic rings. The van der Waals surface area contributed by atoms with Crippen LogP contribution in [0.5, 0.6) is 0 Å². The van der Waals surface area contributed by atoms with Crippen LogP contribution in [0.1, 0.15) is 36.0 Å². The van der Waals surface area contributed by atoms with Crippen LogP contribution >= 0.6 is 0 Å². The summed E-state index contributed by atoms with van der Waals surface area (Å²) in [6.45, 7) is 5.57. The van der Waals surface area contributed by atoms with Gasteiger partial charge in [-0.25, -0.2) is 0 Å². The van der Waals surface area contributed by atoms with Crippen molar-refractivity contribution in [2.45, 2.75) is 38.8 Å². The maximum absolute atomic E-state index is 4.78. The van der Waals surface area contributed by atoms with Gasteiger partial charge in [-0.2, -0.15) is 0 Å². The highest BCUT2D eigenvalue weighted by Gasteiger charge is 2.15. The van der Waals surface area contributed by atoms with Crippen molar-refractivity contribution < 1.29 is 0 Å². The van der Waals surface area contributed by atoms with E-state index in [0.717, 1.165) is 31.7 Å². The minimum atomic E-state index is 0.982. The molecule has 4 rings (SSSR count). The third kappa shape index (κ3) is 3.31. The van der Waals surface area contributed by atoms with E-state index in [2.05, 4.69) is 46.7 Å². The number of aromatic nitrogens is 1. The summed E-state index contributed by atoms with van der Waals surface area (Å²) in [6.07, 6.45) is 7.25. The van der Waals surface area contributed by atoms with Crippen molar-refractivity contribution in [2.75, 3.05) is 19.6 Å². The minimum absolute atomic E-state index is 0.982. The average Bonchev–Trinajstić information content (AvgIpc) is 2.63. The molecule has 23 heavy (non-hydrogen) atoms. The highest BCUT2D eigenvalue weighted by atomic mass is 15.1. The first-order valence-corrected chi connectivity index (χ1v) is 8.89. The first kappa shape index (κ1) is 14.9. The monoisotopic (exact) mass is 307 g/mol. The minimum Gasteiger partial charge on any atom is -0.312 e. The van der Waals surface area contributed by atoms with Crippen LogP contribution in [0.15, 0.2) is 36.5 Å². The van der Waals surface area contributed by atoms with Crippen LogP contribution in [0.3, 0.4) is 0 Å². The van der Waals surface area contributed by atoms with E-state index in [1.54, 1.807) is 0 Å². The Balaban J connectivity index is 1.54. The average molecular weight is 307 g/mol. The molecular formula is C20H25N3. The zero-order chi connectivity index (χ0) is 15.5. The number of rotatable bonds is 3. The zero-order valence-electron chi connectivity index (χ0n) is 13.7. The molecule has 1 fully saturated rings. The lowest BCUT2D eigenvalue weighted by atomic mass is 9.93. The summed E-state index contributed by atoms with van der Waals surface area (Å²) >= 11 is 0. The molecule has 1 aromatic heterocycles. The fourth-order valence-electron chi connectivity index (χ4n) is 3.82. The van der Waals surface area contributed by atoms with Gasteiger partial charge in [-0.05, 0) is 61.7 Å². The molecule has 120 valence electrons. The van der Waals surface area contributed by atoms with Gasteiger partial charge in [-0.1, -0.05) is 30.7 Å². The molecule has 3 heterocycles. The highest BCUT2D eigenvalue weighted by Crippen LogP contribution is 2.27. The van der Waals surface area contributed by atoms with Gasteiger partial charge in [0.1, 0.15) is 0 Å². The van der Waals surface area contributed by atoms with Crippen LogP contribution in [0, 0.1) is 0 Å². The standard InChI is InChI=1S/C20H25N3/c1-2-11-23(12-3-1)15-16-7-8-20(22-13-16)19-6-4-5-17-14-21-10-9-18(17)19/h4-8,13,21H,1-3,9-12,14-15H2. The summed E-state index contributed by atoms with van der Waals surface area (Å²) < 4.78 is 0. The lowest BCUT2D eigenvalue weighted by Gasteiger charge is -2.26. The Morgan fingerprint density at radius 3 is 2.78 bits per heavy atom. The van der Waals surface area contributed by atoms with Crippen molar-refractivity contribution in [2.24, 2.45) is 0 Å². The normalized spacial score (nSPS) is 18.6. The summed E-state index contributed by atoms with van der Waals surface area (Å²) in [6, 6.07) is 11.1. The summed E-state index contributed by atoms with van der Waals surface area (Å²) in [7, 11) is 0. The van der Waals surface area contributed by atoms with E-state index in [9.17, 15) is 0 Å². The van der Waals surface area contributed by atoms with Gasteiger partial charge in [0, 0.05) is 24.8 Å². The maximum Gasteiger partial charge on any atom is 0.0705 e. The first-order chi connectivity index (χ1) is 11.4. The second-order valence-corrected chi connectivity index (χ2v) is 6.76. The van der Waals surface area contributed by atoms with E-state index in [-0.39, 0.29) is 0 Å². The van der Waals surface area contributed by atoms with Crippen LogP contribution in [0.2, 0.25) is 0 Å². The van der Waals surface area contributed by atoms with Crippen molar-refractivity contribution in [1.82, 2.24) is 15.2 Å². The van der Waals surface area contributed by atoms with E-state index < -0.39 is 0 Å². The van der Waals surface area contributed by atoms with Crippen molar-refractivity contribution >= 4 is 0 Å². The molecule has 2 aromatic rings. The van der Waals surface area contributed by atoms with Crippen molar-refractivity contribution in [1.29, 1.82) is 0 Å². The Labute approximate surface area is 138 Å². The molecule has 0 spiro atoms. The Morgan fingerprint density at radius 2 is 1.96 bits per heavy atom. The molecule has 1 aromatic carbocycles. The molecule has 0 atom stereocenters. The summed E-state index contributed by atoms with van der Waals surface area (Å²) in [5.41, 5.74) is 6.66. The number of nitrogens with one attached hydrogen (secondary N) is 1. The van der Waals surface area contributed by atoms with Crippen LogP contribution in [0.25, 0.3) is 11.3 Å². The molecule has 0 unspecified atom stereocenters. The summed E-state index contributed by atoms with van der Waals surface area (Å²) in [5.74, 6) is 0. The quantitative estimate of drug-likeness (QED) is 0.942. The van der Waals surface area contributed by atoms with Crippen molar-refractivity contribution in [3.8, 4) is 11.3 Å². The number of hydrogen-bond acceptors (Lipinski definition) is 3. The van der Waals surface area contributed by atoms with Crippen LogP contribution in [-0.2, 0) is 19.5 Å². The molecule has 3 heteroatoms. The lowest BCUT2D eigenvalue weighted by molar-refractivity contribution is 0.220. The smallest absolute Gasteiger partial charge is 0.0705 e. The molecule has 2 aliphatic heterocycles. The molecule has 1 saturated heterocycles. The van der Waals surface area contributed by atoms with Gasteiger partial charge >= 0.3 is 0 Å². The third-order valence-corrected chi connectivity index (χ3v) is 5.10. The van der Waals surface area contributed by atoms with Crippen LogP contribution in [0.4, 0.5) is 0 Å². The number of hydrogen-bond donors (Lipinski definition) is 1. The maximum atomic E-state index is 4.78. The van der Waals surface area contributed by atoms with Gasteiger partial charge < -0.3 is 5.32 Å². The van der Waals surface area contributed by atoms with Gasteiger partial charge in [0.15, 0.2) is 0 Å². The van der Waals surface area contributed by atoms with Gasteiger partial charge in [-0.15, -0.1) is 0 Å². The van der Waals surface area contributed by atoms with E-state index in [1.807, 2.05) is 0 Å². The first-order valence-electron chi connectivity index (χ1n) is 8.89. The Kier molecular flexibility index (Phi) is 4.40. The fraction of sp³-hybridized carbons (Fsp3) is 0.450. The number of benzene rings is 1. The largest absolute Gasteiger partial charge is 0.312 e. The molecule has 0 aliphatic carbocycles. The zero-order valence-corrected chi connectivity index (χ0v) is 13.7. The fourth-order valence-corrected chi connectivity index (χ4v) is 3.82. The number of nitrogens with zero attached hydrogens (tertiary/aromatic N) is 2. The Morgan fingerprint density at radius 1 is 1.04 bits per heavy atom. The SMILES string of the molecule is c1cc2c(c(-c3ccc(CN4CCCCC4)cn3)c1)CCNC2. The summed E-state index contributed by atoms with van der Waals surface area (Å²) in [4.78, 5) is 7.33. The molecule has 0 amide bonds. The van der Waals surface area contributed by atoms with E-state index in [0.29, 0.717) is 0 Å². The van der Waals surface area contributed by atoms with Crippen molar-refractivity contribution in [3.63, 3.8) is 0 Å². The molecule has 0 bridgehead atoms. The van der Waals surface area contributed by atoms with Gasteiger partial charge in [-0.3, -0.25) is 9.88 Å². The van der Waals surface area contributed by atoms with Crippen LogP contribution in [-0.4, -0.2) is 29.5 Å². The van der Waals surface area contributed by atoms with E-state index >= 15 is 0 Å². The van der Waals surface area contributed by atoms with Gasteiger partial charge in [0.2, 0.25) is 0 Å². The number of piperidine rings is 1. The van der Waals surface area contributed by atoms with Crippen LogP contribution < -0.4 is 5.32 Å². The second kappa shape index (κ2) is 6.81. The van der Waals surface area contributed by atoms with Crippen molar-refractivity contribution in [3.05, 3.63) is 53.2 Å². The van der Waals surface area contributed by atoms with E-state index in [4.69, 9.17) is 4.98 Å². The highest BCUT2D eigenvalue weighted by molar-refractivity contribution is 5.66. The molecule has 3 nitrogen and oxygen atoms in total. The molecule has 1 N–H and O–H groups in total. The van der Waals surface area contributed by atoms with Gasteiger partial charge in [0.05, 0.1) is 5.69 Å². The van der Waals surface area contributed by atoms with E-state index in [1.165, 1.54) is 54.6 Å². The Bertz CT molecular complexity index is 657. The number of pyridine rings is 1. The predicted molar refractivity (Wildman–Crippen MR) is 94.2 cm³/mol. The lowest BCUT2D eigenvalue weighted by Crippen LogP contribution is -2.29. The van der Waals surface area contributed by atoms with Gasteiger partial charge in [0.25, 0.3) is 0 Å². The Hall–Kier alpha value is -1.71. The third-order valence-electron chi connectivity index (χ3n) is 5.10. The topological polar surface area (TPSA) is 28.2 Å². The predicted octanol–water partition coefficient (Wildman–Crippen LogP) is 3.38.